The van der Waals surface area contributed by atoms with E-state index < -0.39 is 60.4 Å². The molecule has 1 aromatic carbocycles. The number of thiol groups is 1. The minimum absolute atomic E-state index is 0.0963. The van der Waals surface area contributed by atoms with Gasteiger partial charge in [-0.3, -0.25) is 14.4 Å². The summed E-state index contributed by atoms with van der Waals surface area (Å²) in [5.41, 5.74) is 7.81. The highest BCUT2D eigenvalue weighted by molar-refractivity contribution is 7.80. The number of carbonyl (C=O) groups excluding carboxylic acids is 3. The third-order valence-corrected chi connectivity index (χ3v) is 5.68. The number of fused-ring (bicyclic) bond motifs is 1. The summed E-state index contributed by atoms with van der Waals surface area (Å²) in [4.78, 5) is 52.0. The van der Waals surface area contributed by atoms with Crippen LogP contribution in [0.15, 0.2) is 30.5 Å². The van der Waals surface area contributed by atoms with Crippen LogP contribution in [0, 0.1) is 5.92 Å². The molecule has 12 heteroatoms. The van der Waals surface area contributed by atoms with Crippen molar-refractivity contribution in [1.29, 1.82) is 0 Å². The smallest absolute Gasteiger partial charge is 0.326 e. The summed E-state index contributed by atoms with van der Waals surface area (Å²) in [6.07, 6.45) is 2.00. The molecule has 8 N–H and O–H groups in total. The number of H-pyrrole nitrogens is 1. The average Bonchev–Trinajstić information content (AvgIpc) is 3.21. The number of para-hydroxylation sites is 1. The summed E-state index contributed by atoms with van der Waals surface area (Å²) in [6, 6.07) is 2.88. The van der Waals surface area contributed by atoms with E-state index in [9.17, 15) is 29.4 Å². The van der Waals surface area contributed by atoms with Gasteiger partial charge in [0.2, 0.25) is 17.7 Å². The van der Waals surface area contributed by atoms with Crippen molar-refractivity contribution >= 4 is 47.2 Å². The molecule has 11 nitrogen and oxygen atoms in total. The van der Waals surface area contributed by atoms with Crippen LogP contribution in [0.2, 0.25) is 0 Å². The summed E-state index contributed by atoms with van der Waals surface area (Å²) in [7, 11) is 0. The van der Waals surface area contributed by atoms with Gasteiger partial charge in [-0.1, -0.05) is 32.0 Å². The summed E-state index contributed by atoms with van der Waals surface area (Å²) in [6.45, 7) is 2.45. The maximum atomic E-state index is 12.6. The van der Waals surface area contributed by atoms with Gasteiger partial charge in [-0.25, -0.2) is 4.79 Å². The molecule has 0 saturated heterocycles. The second-order valence-corrected chi connectivity index (χ2v) is 8.59. The van der Waals surface area contributed by atoms with Gasteiger partial charge in [0.15, 0.2) is 0 Å². The number of carboxylic acids is 1. The second-order valence-electron chi connectivity index (χ2n) is 8.23. The minimum atomic E-state index is -1.41. The third-order valence-electron chi connectivity index (χ3n) is 5.31. The number of aliphatic hydroxyl groups excluding tert-OH is 1. The maximum Gasteiger partial charge on any atom is 0.326 e. The molecule has 186 valence electrons. The van der Waals surface area contributed by atoms with Crippen LogP contribution in [-0.2, 0) is 25.6 Å². The van der Waals surface area contributed by atoms with Crippen molar-refractivity contribution < 1.29 is 29.4 Å². The molecule has 0 bridgehead atoms. The van der Waals surface area contributed by atoms with Gasteiger partial charge in [0.05, 0.1) is 12.6 Å². The van der Waals surface area contributed by atoms with E-state index in [4.69, 9.17) is 5.73 Å². The zero-order valence-corrected chi connectivity index (χ0v) is 19.8. The number of hydrogen-bond acceptors (Lipinski definition) is 7. The molecular weight excluding hydrogens is 462 g/mol. The van der Waals surface area contributed by atoms with Crippen molar-refractivity contribution in [2.45, 2.75) is 44.4 Å². The van der Waals surface area contributed by atoms with Gasteiger partial charge in [-0.15, -0.1) is 0 Å². The largest absolute Gasteiger partial charge is 0.480 e. The van der Waals surface area contributed by atoms with Crippen LogP contribution in [0.1, 0.15) is 19.4 Å². The van der Waals surface area contributed by atoms with Crippen LogP contribution in [-0.4, -0.2) is 75.4 Å². The number of amides is 3. The van der Waals surface area contributed by atoms with E-state index >= 15 is 0 Å². The lowest BCUT2D eigenvalue weighted by Crippen LogP contribution is -2.59. The number of hydrogen-bond donors (Lipinski definition) is 8. The van der Waals surface area contributed by atoms with Gasteiger partial charge < -0.3 is 36.9 Å². The normalized spacial score (nSPS) is 14.8. The molecule has 0 aliphatic carbocycles. The Bertz CT molecular complexity index is 1030. The molecule has 1 aromatic heterocycles. The highest BCUT2D eigenvalue weighted by Crippen LogP contribution is 2.18. The molecule has 34 heavy (non-hydrogen) atoms. The fourth-order valence-corrected chi connectivity index (χ4v) is 3.59. The van der Waals surface area contributed by atoms with Crippen molar-refractivity contribution in [3.63, 3.8) is 0 Å². The molecule has 0 spiro atoms. The number of aromatic nitrogens is 1. The molecule has 0 saturated carbocycles. The van der Waals surface area contributed by atoms with E-state index in [0.29, 0.717) is 0 Å². The molecule has 2 aromatic rings. The minimum Gasteiger partial charge on any atom is -0.480 e. The SMILES string of the molecule is CC(C)C(NC(=O)C(CO)NC(=O)C(CS)NC(=O)C(N)Cc1c[nH]c2ccccc12)C(=O)O. The van der Waals surface area contributed by atoms with Crippen molar-refractivity contribution in [3.05, 3.63) is 36.0 Å². The molecule has 2 rings (SSSR count). The summed E-state index contributed by atoms with van der Waals surface area (Å²) in [5.74, 6) is -3.97. The van der Waals surface area contributed by atoms with Crippen LogP contribution in [0.3, 0.4) is 0 Å². The number of rotatable bonds is 12. The Kier molecular flexibility index (Phi) is 9.90. The number of carboxylic acid groups (broad SMARTS) is 1. The Morgan fingerprint density at radius 1 is 1.03 bits per heavy atom. The van der Waals surface area contributed by atoms with E-state index in [2.05, 4.69) is 33.6 Å². The predicted molar refractivity (Wildman–Crippen MR) is 129 cm³/mol. The van der Waals surface area contributed by atoms with Gasteiger partial charge >= 0.3 is 5.97 Å². The molecule has 4 unspecified atom stereocenters. The second kappa shape index (κ2) is 12.4. The van der Waals surface area contributed by atoms with E-state index in [1.54, 1.807) is 20.0 Å². The molecule has 1 heterocycles. The molecule has 4 atom stereocenters. The number of benzene rings is 1. The van der Waals surface area contributed by atoms with E-state index in [1.165, 1.54) is 0 Å². The molecule has 3 amide bonds. The highest BCUT2D eigenvalue weighted by Gasteiger charge is 2.30. The van der Waals surface area contributed by atoms with E-state index in [0.717, 1.165) is 16.5 Å². The number of carbonyl (C=O) groups is 4. The lowest BCUT2D eigenvalue weighted by atomic mass is 10.0. The maximum absolute atomic E-state index is 12.6. The Morgan fingerprint density at radius 2 is 1.65 bits per heavy atom. The van der Waals surface area contributed by atoms with Crippen LogP contribution < -0.4 is 21.7 Å². The summed E-state index contributed by atoms with van der Waals surface area (Å²) < 4.78 is 0. The third kappa shape index (κ3) is 6.95. The van der Waals surface area contributed by atoms with E-state index in [-0.39, 0.29) is 12.2 Å². The van der Waals surface area contributed by atoms with Crippen LogP contribution in [0.25, 0.3) is 10.9 Å². The zero-order valence-electron chi connectivity index (χ0n) is 18.9. The lowest BCUT2D eigenvalue weighted by molar-refractivity contribution is -0.143. The van der Waals surface area contributed by atoms with Crippen LogP contribution in [0.4, 0.5) is 0 Å². The van der Waals surface area contributed by atoms with Crippen LogP contribution in [0.5, 0.6) is 0 Å². The number of aliphatic carboxylic acids is 1. The van der Waals surface area contributed by atoms with Crippen LogP contribution >= 0.6 is 12.6 Å². The van der Waals surface area contributed by atoms with Crippen molar-refractivity contribution in [1.82, 2.24) is 20.9 Å². The van der Waals surface area contributed by atoms with Crippen molar-refractivity contribution in [2.24, 2.45) is 11.7 Å². The molecular formula is C22H31N5O6S. The van der Waals surface area contributed by atoms with Crippen molar-refractivity contribution in [3.8, 4) is 0 Å². The fraction of sp³-hybridized carbons (Fsp3) is 0.455. The zero-order chi connectivity index (χ0) is 25.4. The quantitative estimate of drug-likeness (QED) is 0.177. The van der Waals surface area contributed by atoms with Gasteiger partial charge in [0.1, 0.15) is 18.1 Å². The topological polar surface area (TPSA) is 187 Å². The predicted octanol–water partition coefficient (Wildman–Crippen LogP) is -0.845. The molecule has 0 radical (unpaired) electrons. The average molecular weight is 494 g/mol. The monoisotopic (exact) mass is 493 g/mol. The first kappa shape index (κ1) is 27.2. The number of aliphatic hydroxyl groups is 1. The Morgan fingerprint density at radius 3 is 2.24 bits per heavy atom. The summed E-state index contributed by atoms with van der Waals surface area (Å²) in [5, 5.41) is 26.8. The highest BCUT2D eigenvalue weighted by atomic mass is 32.1. The van der Waals surface area contributed by atoms with Crippen molar-refractivity contribution in [2.75, 3.05) is 12.4 Å². The Balaban J connectivity index is 1.98. The molecule has 0 fully saturated rings. The Labute approximate surface area is 202 Å². The molecule has 0 aliphatic rings. The Hall–Kier alpha value is -3.09. The van der Waals surface area contributed by atoms with Gasteiger partial charge in [-0.2, -0.15) is 12.6 Å². The fourth-order valence-electron chi connectivity index (χ4n) is 3.34. The lowest BCUT2D eigenvalue weighted by Gasteiger charge is -2.24. The van der Waals surface area contributed by atoms with E-state index in [1.807, 2.05) is 24.3 Å². The first-order valence-corrected chi connectivity index (χ1v) is 11.4. The summed E-state index contributed by atoms with van der Waals surface area (Å²) >= 11 is 4.09. The first-order chi connectivity index (χ1) is 16.1. The van der Waals surface area contributed by atoms with Gasteiger partial charge in [0, 0.05) is 22.9 Å². The molecule has 0 aliphatic heterocycles. The number of nitrogens with one attached hydrogen (secondary N) is 4. The number of aromatic amines is 1. The number of nitrogens with two attached hydrogens (primary N) is 1. The van der Waals surface area contributed by atoms with Gasteiger partial charge in [-0.05, 0) is 24.0 Å². The van der Waals surface area contributed by atoms with Gasteiger partial charge in [0.25, 0.3) is 0 Å². The standard InChI is InChI=1S/C22H31N5O6S/c1-11(2)18(22(32)33)27-20(30)16(9-28)25-21(31)17(10-34)26-19(29)14(23)7-12-8-24-15-6-4-3-5-13(12)15/h3-6,8,11,14,16-18,24,28,34H,7,9-10,23H2,1-2H3,(H,25,31)(H,26,29)(H,27,30)(H,32,33). The first-order valence-electron chi connectivity index (χ1n) is 10.7.